The first-order chi connectivity index (χ1) is 9.77. The van der Waals surface area contributed by atoms with Crippen molar-refractivity contribution < 1.29 is 0 Å². The predicted molar refractivity (Wildman–Crippen MR) is 88.3 cm³/mol. The van der Waals surface area contributed by atoms with Crippen LogP contribution in [0.1, 0.15) is 39.0 Å². The Morgan fingerprint density at radius 3 is 2.75 bits per heavy atom. The number of hydrogen-bond acceptors (Lipinski definition) is 2. The molecular formula is C16H32N4. The van der Waals surface area contributed by atoms with Crippen LogP contribution in [0.15, 0.2) is 17.6 Å². The first kappa shape index (κ1) is 17.0. The van der Waals surface area contributed by atoms with E-state index in [0.29, 0.717) is 0 Å². The lowest BCUT2D eigenvalue weighted by atomic mass is 10.1. The molecule has 0 atom stereocenters. The molecule has 20 heavy (non-hydrogen) atoms. The van der Waals surface area contributed by atoms with Gasteiger partial charge in [0.1, 0.15) is 0 Å². The molecule has 0 aromatic heterocycles. The molecule has 4 nitrogen and oxygen atoms in total. The first-order valence-corrected chi connectivity index (χ1v) is 8.10. The van der Waals surface area contributed by atoms with E-state index < -0.39 is 0 Å². The molecule has 1 saturated heterocycles. The third-order valence-electron chi connectivity index (χ3n) is 3.72. The zero-order chi connectivity index (χ0) is 14.6. The highest BCUT2D eigenvalue weighted by Crippen LogP contribution is 2.07. The normalized spacial score (nSPS) is 17.0. The molecule has 0 radical (unpaired) electrons. The number of nitrogens with one attached hydrogen (secondary N) is 1. The van der Waals surface area contributed by atoms with Crippen LogP contribution in [0.25, 0.3) is 0 Å². The van der Waals surface area contributed by atoms with Crippen molar-refractivity contribution in [3.8, 4) is 0 Å². The van der Waals surface area contributed by atoms with E-state index in [1.54, 1.807) is 0 Å². The SMILES string of the molecule is C=CCCCN(C)C(=NCCN1CCCCC1)NCC. The minimum atomic E-state index is 0.897. The highest BCUT2D eigenvalue weighted by Gasteiger charge is 2.09. The molecular weight excluding hydrogens is 248 g/mol. The molecule has 4 heteroatoms. The molecule has 1 N–H and O–H groups in total. The van der Waals surface area contributed by atoms with Crippen molar-refractivity contribution >= 4 is 5.96 Å². The zero-order valence-corrected chi connectivity index (χ0v) is 13.4. The van der Waals surface area contributed by atoms with Gasteiger partial charge in [0.15, 0.2) is 5.96 Å². The van der Waals surface area contributed by atoms with Gasteiger partial charge in [0, 0.05) is 26.7 Å². The predicted octanol–water partition coefficient (Wildman–Crippen LogP) is 2.34. The number of guanidine groups is 1. The van der Waals surface area contributed by atoms with Gasteiger partial charge in [0.05, 0.1) is 6.54 Å². The molecule has 1 aliphatic rings. The lowest BCUT2D eigenvalue weighted by molar-refractivity contribution is 0.235. The van der Waals surface area contributed by atoms with E-state index in [1.807, 2.05) is 6.08 Å². The van der Waals surface area contributed by atoms with Crippen LogP contribution in [0.2, 0.25) is 0 Å². The first-order valence-electron chi connectivity index (χ1n) is 8.10. The molecule has 1 aliphatic heterocycles. The van der Waals surface area contributed by atoms with Crippen molar-refractivity contribution in [2.24, 2.45) is 4.99 Å². The minimum Gasteiger partial charge on any atom is -0.357 e. The second-order valence-corrected chi connectivity index (χ2v) is 5.49. The Labute approximate surface area is 124 Å². The van der Waals surface area contributed by atoms with Crippen LogP contribution in [-0.4, -0.2) is 62.1 Å². The maximum Gasteiger partial charge on any atom is 0.193 e. The van der Waals surface area contributed by atoms with E-state index >= 15 is 0 Å². The summed E-state index contributed by atoms with van der Waals surface area (Å²) in [5.41, 5.74) is 0. The third-order valence-corrected chi connectivity index (χ3v) is 3.72. The van der Waals surface area contributed by atoms with E-state index in [9.17, 15) is 0 Å². The van der Waals surface area contributed by atoms with E-state index in [4.69, 9.17) is 4.99 Å². The lowest BCUT2D eigenvalue weighted by Crippen LogP contribution is -2.40. The van der Waals surface area contributed by atoms with Crippen LogP contribution in [0.5, 0.6) is 0 Å². The molecule has 0 aromatic rings. The van der Waals surface area contributed by atoms with Crippen molar-refractivity contribution in [2.45, 2.75) is 39.0 Å². The molecule has 1 fully saturated rings. The summed E-state index contributed by atoms with van der Waals surface area (Å²) in [7, 11) is 2.12. The Kier molecular flexibility index (Phi) is 9.13. The Morgan fingerprint density at radius 1 is 1.35 bits per heavy atom. The van der Waals surface area contributed by atoms with Crippen molar-refractivity contribution in [3.05, 3.63) is 12.7 Å². The third kappa shape index (κ3) is 6.94. The highest BCUT2D eigenvalue weighted by molar-refractivity contribution is 5.79. The molecule has 116 valence electrons. The fourth-order valence-electron chi connectivity index (χ4n) is 2.53. The standard InChI is InChI=1S/C16H32N4/c1-4-6-8-12-19(3)16(17-5-2)18-11-15-20-13-9-7-10-14-20/h4H,1,5-15H2,2-3H3,(H,17,18). The number of hydrogen-bond donors (Lipinski definition) is 1. The minimum absolute atomic E-state index is 0.897. The molecule has 0 unspecified atom stereocenters. The smallest absolute Gasteiger partial charge is 0.193 e. The van der Waals surface area contributed by atoms with Crippen LogP contribution in [0.4, 0.5) is 0 Å². The largest absolute Gasteiger partial charge is 0.357 e. The summed E-state index contributed by atoms with van der Waals surface area (Å²) in [4.78, 5) is 9.51. The Balaban J connectivity index is 2.33. The topological polar surface area (TPSA) is 30.9 Å². The van der Waals surface area contributed by atoms with E-state index in [0.717, 1.165) is 45.0 Å². The number of piperidine rings is 1. The van der Waals surface area contributed by atoms with E-state index in [1.165, 1.54) is 32.4 Å². The molecule has 0 aromatic carbocycles. The Bertz CT molecular complexity index is 282. The monoisotopic (exact) mass is 280 g/mol. The van der Waals surface area contributed by atoms with Gasteiger partial charge in [0.25, 0.3) is 0 Å². The average molecular weight is 280 g/mol. The molecule has 0 saturated carbocycles. The molecule has 0 amide bonds. The number of aliphatic imine (C=N–C) groups is 1. The second-order valence-electron chi connectivity index (χ2n) is 5.49. The van der Waals surface area contributed by atoms with Crippen LogP contribution >= 0.6 is 0 Å². The van der Waals surface area contributed by atoms with Crippen LogP contribution in [0, 0.1) is 0 Å². The summed E-state index contributed by atoms with van der Waals surface area (Å²) in [6.45, 7) is 12.3. The molecule has 0 aliphatic carbocycles. The molecule has 1 heterocycles. The molecule has 1 rings (SSSR count). The Hall–Kier alpha value is -1.03. The second kappa shape index (κ2) is 10.7. The van der Waals surface area contributed by atoms with Crippen molar-refractivity contribution in [2.75, 3.05) is 46.3 Å². The van der Waals surface area contributed by atoms with Crippen molar-refractivity contribution in [1.29, 1.82) is 0 Å². The van der Waals surface area contributed by atoms with Gasteiger partial charge < -0.3 is 15.1 Å². The van der Waals surface area contributed by atoms with Crippen molar-refractivity contribution in [1.82, 2.24) is 15.1 Å². The van der Waals surface area contributed by atoms with Gasteiger partial charge in [0.2, 0.25) is 0 Å². The number of likely N-dealkylation sites (tertiary alicyclic amines) is 1. The van der Waals surface area contributed by atoms with Crippen LogP contribution in [-0.2, 0) is 0 Å². The molecule has 0 bridgehead atoms. The van der Waals surface area contributed by atoms with Gasteiger partial charge in [-0.3, -0.25) is 4.99 Å². The van der Waals surface area contributed by atoms with Crippen LogP contribution < -0.4 is 5.32 Å². The van der Waals surface area contributed by atoms with Gasteiger partial charge in [-0.1, -0.05) is 12.5 Å². The summed E-state index contributed by atoms with van der Waals surface area (Å²) in [6.07, 6.45) is 8.28. The quantitative estimate of drug-likeness (QED) is 0.320. The maximum absolute atomic E-state index is 4.75. The van der Waals surface area contributed by atoms with Gasteiger partial charge in [-0.15, -0.1) is 6.58 Å². The van der Waals surface area contributed by atoms with E-state index in [2.05, 4.69) is 35.7 Å². The summed E-state index contributed by atoms with van der Waals surface area (Å²) in [6, 6.07) is 0. The van der Waals surface area contributed by atoms with Gasteiger partial charge in [-0.25, -0.2) is 0 Å². The van der Waals surface area contributed by atoms with Gasteiger partial charge >= 0.3 is 0 Å². The summed E-state index contributed by atoms with van der Waals surface area (Å²) >= 11 is 0. The molecule has 0 spiro atoms. The average Bonchev–Trinajstić information content (AvgIpc) is 2.47. The maximum atomic E-state index is 4.75. The van der Waals surface area contributed by atoms with Gasteiger partial charge in [-0.2, -0.15) is 0 Å². The summed E-state index contributed by atoms with van der Waals surface area (Å²) in [5.74, 6) is 1.04. The summed E-state index contributed by atoms with van der Waals surface area (Å²) < 4.78 is 0. The number of nitrogens with zero attached hydrogens (tertiary/aromatic N) is 3. The van der Waals surface area contributed by atoms with Crippen molar-refractivity contribution in [3.63, 3.8) is 0 Å². The highest BCUT2D eigenvalue weighted by atomic mass is 15.3. The van der Waals surface area contributed by atoms with Gasteiger partial charge in [-0.05, 0) is 45.7 Å². The zero-order valence-electron chi connectivity index (χ0n) is 13.4. The van der Waals surface area contributed by atoms with Crippen LogP contribution in [0.3, 0.4) is 0 Å². The fourth-order valence-corrected chi connectivity index (χ4v) is 2.53. The summed E-state index contributed by atoms with van der Waals surface area (Å²) in [5, 5.41) is 3.38. The fraction of sp³-hybridized carbons (Fsp3) is 0.812. The van der Waals surface area contributed by atoms with E-state index in [-0.39, 0.29) is 0 Å². The number of allylic oxidation sites excluding steroid dienone is 1. The Morgan fingerprint density at radius 2 is 2.10 bits per heavy atom. The number of rotatable bonds is 8. The lowest BCUT2D eigenvalue weighted by Gasteiger charge is -2.26. The number of unbranched alkanes of at least 4 members (excludes halogenated alkanes) is 1.